The van der Waals surface area contributed by atoms with Crippen LogP contribution in [0.25, 0.3) is 0 Å². The number of benzene rings is 1. The van der Waals surface area contributed by atoms with Gasteiger partial charge in [0.05, 0.1) is 13.7 Å². The fourth-order valence-electron chi connectivity index (χ4n) is 2.27. The van der Waals surface area contributed by atoms with E-state index in [0.29, 0.717) is 31.3 Å². The van der Waals surface area contributed by atoms with E-state index in [2.05, 4.69) is 0 Å². The van der Waals surface area contributed by atoms with Crippen molar-refractivity contribution in [3.05, 3.63) is 41.3 Å². The molecule has 1 N–H and O–H groups in total. The van der Waals surface area contributed by atoms with E-state index < -0.39 is 0 Å². The minimum Gasteiger partial charge on any atom is -0.496 e. The first-order valence-electron chi connectivity index (χ1n) is 7.16. The van der Waals surface area contributed by atoms with Gasteiger partial charge in [0.25, 0.3) is 5.91 Å². The fraction of sp³-hybridized carbons (Fsp3) is 0.438. The van der Waals surface area contributed by atoms with Crippen molar-refractivity contribution in [2.24, 2.45) is 0 Å². The fourth-order valence-corrected chi connectivity index (χ4v) is 2.27. The summed E-state index contributed by atoms with van der Waals surface area (Å²) in [6.07, 6.45) is 0. The largest absolute Gasteiger partial charge is 0.496 e. The summed E-state index contributed by atoms with van der Waals surface area (Å²) in [4.78, 5) is 14.1. The molecule has 0 saturated heterocycles. The van der Waals surface area contributed by atoms with E-state index in [9.17, 15) is 9.90 Å². The molecule has 0 bridgehead atoms. The molecule has 0 spiro atoms. The highest BCUT2D eigenvalue weighted by Gasteiger charge is 2.25. The summed E-state index contributed by atoms with van der Waals surface area (Å²) in [5.74, 6) is 1.08. The summed E-state index contributed by atoms with van der Waals surface area (Å²) >= 11 is 0. The zero-order chi connectivity index (χ0) is 15.9. The van der Waals surface area contributed by atoms with Gasteiger partial charge in [-0.05, 0) is 13.0 Å². The highest BCUT2D eigenvalue weighted by atomic mass is 16.6. The van der Waals surface area contributed by atoms with Crippen LogP contribution in [0, 0.1) is 0 Å². The number of carbonyl (C=O) groups is 1. The topological polar surface area (TPSA) is 68.2 Å². The van der Waals surface area contributed by atoms with Gasteiger partial charge in [-0.25, -0.2) is 0 Å². The minimum atomic E-state index is -0.294. The molecule has 1 amide bonds. The van der Waals surface area contributed by atoms with Crippen molar-refractivity contribution in [1.29, 1.82) is 0 Å². The van der Waals surface area contributed by atoms with Crippen molar-refractivity contribution in [2.45, 2.75) is 13.5 Å². The maximum absolute atomic E-state index is 12.6. The molecular weight excluding hydrogens is 286 g/mol. The van der Waals surface area contributed by atoms with E-state index in [0.717, 1.165) is 5.56 Å². The van der Waals surface area contributed by atoms with E-state index in [1.807, 2.05) is 24.3 Å². The van der Waals surface area contributed by atoms with Crippen LogP contribution < -0.4 is 4.74 Å². The Morgan fingerprint density at radius 2 is 2.05 bits per heavy atom. The maximum atomic E-state index is 12.6. The Labute approximate surface area is 129 Å². The predicted molar refractivity (Wildman–Crippen MR) is 80.1 cm³/mol. The predicted octanol–water partition coefficient (Wildman–Crippen LogP) is 1.29. The normalized spacial score (nSPS) is 14.1. The van der Waals surface area contributed by atoms with Crippen LogP contribution in [0.5, 0.6) is 5.75 Å². The Kier molecular flexibility index (Phi) is 5.66. The van der Waals surface area contributed by atoms with Gasteiger partial charge < -0.3 is 24.2 Å². The molecule has 0 atom stereocenters. The van der Waals surface area contributed by atoms with Crippen LogP contribution in [0.4, 0.5) is 0 Å². The number of rotatable bonds is 6. The molecule has 1 aliphatic rings. The molecule has 0 aromatic heterocycles. The number of amides is 1. The highest BCUT2D eigenvalue weighted by molar-refractivity contribution is 5.92. The van der Waals surface area contributed by atoms with Crippen molar-refractivity contribution in [3.63, 3.8) is 0 Å². The summed E-state index contributed by atoms with van der Waals surface area (Å²) in [5, 5.41) is 9.24. The third kappa shape index (κ3) is 3.71. The molecule has 2 rings (SSSR count). The van der Waals surface area contributed by atoms with Crippen LogP contribution in [-0.4, -0.2) is 49.4 Å². The van der Waals surface area contributed by atoms with E-state index in [1.165, 1.54) is 4.90 Å². The average Bonchev–Trinajstić information content (AvgIpc) is 2.55. The molecule has 0 fully saturated rings. The Morgan fingerprint density at radius 3 is 2.73 bits per heavy atom. The number of ether oxygens (including phenoxy) is 3. The number of hydrogen-bond donors (Lipinski definition) is 1. The van der Waals surface area contributed by atoms with E-state index in [1.54, 1.807) is 14.0 Å². The monoisotopic (exact) mass is 307 g/mol. The van der Waals surface area contributed by atoms with Crippen molar-refractivity contribution < 1.29 is 24.1 Å². The number of para-hydroxylation sites is 1. The van der Waals surface area contributed by atoms with Gasteiger partial charge in [0.1, 0.15) is 24.7 Å². The van der Waals surface area contributed by atoms with E-state index in [4.69, 9.17) is 14.2 Å². The molecule has 1 aromatic rings. The Hall–Kier alpha value is -2.21. The number of aliphatic hydroxyl groups excluding tert-OH is 1. The van der Waals surface area contributed by atoms with Crippen molar-refractivity contribution >= 4 is 5.91 Å². The first-order chi connectivity index (χ1) is 10.7. The maximum Gasteiger partial charge on any atom is 0.292 e. The Balaban J connectivity index is 2.21. The number of methoxy groups -OCH3 is 1. The molecule has 0 aliphatic carbocycles. The Morgan fingerprint density at radius 1 is 1.32 bits per heavy atom. The van der Waals surface area contributed by atoms with Gasteiger partial charge >= 0.3 is 0 Å². The van der Waals surface area contributed by atoms with Gasteiger partial charge in [-0.3, -0.25) is 4.79 Å². The van der Waals surface area contributed by atoms with Crippen LogP contribution in [0.2, 0.25) is 0 Å². The second kappa shape index (κ2) is 7.70. The quantitative estimate of drug-likeness (QED) is 0.858. The van der Waals surface area contributed by atoms with Gasteiger partial charge in [0.15, 0.2) is 0 Å². The molecule has 120 valence electrons. The molecular formula is C16H21NO5. The first-order valence-corrected chi connectivity index (χ1v) is 7.16. The number of allylic oxidation sites excluding steroid dienone is 1. The second-order valence-corrected chi connectivity index (χ2v) is 4.84. The lowest BCUT2D eigenvalue weighted by Crippen LogP contribution is -2.36. The molecule has 6 nitrogen and oxygen atoms in total. The zero-order valence-electron chi connectivity index (χ0n) is 12.9. The van der Waals surface area contributed by atoms with Gasteiger partial charge in [0.2, 0.25) is 5.76 Å². The minimum absolute atomic E-state index is 0.131. The molecule has 1 aromatic carbocycles. The van der Waals surface area contributed by atoms with E-state index in [-0.39, 0.29) is 24.8 Å². The number of nitrogens with zero attached hydrogens (tertiary/aromatic N) is 1. The van der Waals surface area contributed by atoms with Crippen LogP contribution >= 0.6 is 0 Å². The zero-order valence-corrected chi connectivity index (χ0v) is 12.9. The lowest BCUT2D eigenvalue weighted by molar-refractivity contribution is -0.133. The Bertz CT molecular complexity index is 555. The molecule has 1 aliphatic heterocycles. The number of carbonyl (C=O) groups excluding carboxylic acids is 1. The molecule has 1 heterocycles. The van der Waals surface area contributed by atoms with Crippen molar-refractivity contribution in [2.75, 3.05) is 33.5 Å². The first kappa shape index (κ1) is 16.2. The van der Waals surface area contributed by atoms with Crippen LogP contribution in [0.1, 0.15) is 12.5 Å². The molecule has 0 unspecified atom stereocenters. The molecule has 0 saturated carbocycles. The average molecular weight is 307 g/mol. The molecule has 6 heteroatoms. The number of hydrogen-bond acceptors (Lipinski definition) is 5. The standard InChI is InChI=1S/C16H21NO5/c1-12-15(22-10-9-21-12)16(19)17(7-8-18)11-13-5-3-4-6-14(13)20-2/h3-6,18H,7-11H2,1-2H3. The summed E-state index contributed by atoms with van der Waals surface area (Å²) < 4.78 is 16.1. The van der Waals surface area contributed by atoms with E-state index >= 15 is 0 Å². The summed E-state index contributed by atoms with van der Waals surface area (Å²) in [6, 6.07) is 7.47. The molecule has 22 heavy (non-hydrogen) atoms. The third-order valence-corrected chi connectivity index (χ3v) is 3.37. The van der Waals surface area contributed by atoms with Gasteiger partial charge in [-0.1, -0.05) is 18.2 Å². The smallest absolute Gasteiger partial charge is 0.292 e. The number of aliphatic hydroxyl groups is 1. The second-order valence-electron chi connectivity index (χ2n) is 4.84. The van der Waals surface area contributed by atoms with Gasteiger partial charge in [-0.15, -0.1) is 0 Å². The van der Waals surface area contributed by atoms with Crippen molar-refractivity contribution in [3.8, 4) is 5.75 Å². The third-order valence-electron chi connectivity index (χ3n) is 3.37. The van der Waals surface area contributed by atoms with Crippen LogP contribution in [0.15, 0.2) is 35.8 Å². The summed E-state index contributed by atoms with van der Waals surface area (Å²) in [7, 11) is 1.59. The van der Waals surface area contributed by atoms with Crippen LogP contribution in [0.3, 0.4) is 0 Å². The van der Waals surface area contributed by atoms with Gasteiger partial charge in [-0.2, -0.15) is 0 Å². The summed E-state index contributed by atoms with van der Waals surface area (Å²) in [5.41, 5.74) is 0.863. The summed E-state index contributed by atoms with van der Waals surface area (Å²) in [6.45, 7) is 2.89. The van der Waals surface area contributed by atoms with Gasteiger partial charge in [0, 0.05) is 18.7 Å². The van der Waals surface area contributed by atoms with Crippen molar-refractivity contribution in [1.82, 2.24) is 4.90 Å². The lowest BCUT2D eigenvalue weighted by Gasteiger charge is -2.26. The van der Waals surface area contributed by atoms with Crippen LogP contribution in [-0.2, 0) is 20.8 Å². The highest BCUT2D eigenvalue weighted by Crippen LogP contribution is 2.22. The SMILES string of the molecule is COc1ccccc1CN(CCO)C(=O)C1=C(C)OCCO1. The lowest BCUT2D eigenvalue weighted by atomic mass is 10.2. The molecule has 0 radical (unpaired) electrons.